The van der Waals surface area contributed by atoms with Gasteiger partial charge < -0.3 is 4.98 Å². The van der Waals surface area contributed by atoms with E-state index >= 15 is 0 Å². The fourth-order valence-electron chi connectivity index (χ4n) is 4.20. The SMILES string of the molecule is Cc1ccc(Cc2nn(CC(=O)N/N=C/c3ccccn3)c(=O)n2CCc2c[nH]c3ccccc23)cc1. The van der Waals surface area contributed by atoms with E-state index in [0.717, 1.165) is 27.6 Å². The molecule has 0 fully saturated rings. The van der Waals surface area contributed by atoms with Crippen LogP contribution < -0.4 is 11.1 Å². The molecule has 0 saturated heterocycles. The number of H-pyrrole nitrogens is 1. The Bertz CT molecular complexity index is 1600. The highest BCUT2D eigenvalue weighted by atomic mass is 16.2. The van der Waals surface area contributed by atoms with E-state index in [0.29, 0.717) is 30.9 Å². The number of nitrogens with one attached hydrogen (secondary N) is 2. The fraction of sp³-hybridized carbons (Fsp3) is 0.179. The van der Waals surface area contributed by atoms with Crippen LogP contribution in [0.4, 0.5) is 0 Å². The number of rotatable bonds is 9. The van der Waals surface area contributed by atoms with Crippen LogP contribution in [0.25, 0.3) is 10.9 Å². The Morgan fingerprint density at radius 1 is 1.08 bits per heavy atom. The summed E-state index contributed by atoms with van der Waals surface area (Å²) in [4.78, 5) is 33.2. The van der Waals surface area contributed by atoms with Gasteiger partial charge in [-0.15, -0.1) is 0 Å². The van der Waals surface area contributed by atoms with Crippen LogP contribution in [0.5, 0.6) is 0 Å². The van der Waals surface area contributed by atoms with Gasteiger partial charge in [0.15, 0.2) is 0 Å². The Kier molecular flexibility index (Phi) is 7.02. The molecule has 0 radical (unpaired) electrons. The molecule has 1 amide bonds. The van der Waals surface area contributed by atoms with E-state index in [4.69, 9.17) is 0 Å². The van der Waals surface area contributed by atoms with E-state index < -0.39 is 5.91 Å². The van der Waals surface area contributed by atoms with Gasteiger partial charge in [-0.1, -0.05) is 54.1 Å². The minimum atomic E-state index is -0.447. The molecule has 9 nitrogen and oxygen atoms in total. The highest BCUT2D eigenvalue weighted by Gasteiger charge is 2.17. The normalized spacial score (nSPS) is 11.4. The Morgan fingerprint density at radius 2 is 1.89 bits per heavy atom. The molecule has 0 saturated carbocycles. The third kappa shape index (κ3) is 5.72. The molecular formula is C28H27N7O2. The number of pyridine rings is 1. The number of benzene rings is 2. The number of hydrogen-bond donors (Lipinski definition) is 2. The maximum Gasteiger partial charge on any atom is 0.346 e. The topological polar surface area (TPSA) is 110 Å². The van der Waals surface area contributed by atoms with Crippen molar-refractivity contribution in [2.24, 2.45) is 5.10 Å². The monoisotopic (exact) mass is 493 g/mol. The second-order valence-corrected chi connectivity index (χ2v) is 8.83. The van der Waals surface area contributed by atoms with Crippen molar-refractivity contribution in [1.29, 1.82) is 0 Å². The minimum Gasteiger partial charge on any atom is -0.361 e. The molecule has 0 aliphatic heterocycles. The first kappa shape index (κ1) is 23.9. The molecule has 3 aromatic heterocycles. The summed E-state index contributed by atoms with van der Waals surface area (Å²) in [6.07, 6.45) is 6.20. The summed E-state index contributed by atoms with van der Waals surface area (Å²) < 4.78 is 2.86. The summed E-state index contributed by atoms with van der Waals surface area (Å²) in [6.45, 7) is 2.24. The number of carbonyl (C=O) groups excluding carboxylic acids is 1. The van der Waals surface area contributed by atoms with Gasteiger partial charge in [-0.25, -0.2) is 14.9 Å². The molecule has 186 valence electrons. The quantitative estimate of drug-likeness (QED) is 0.243. The lowest BCUT2D eigenvalue weighted by molar-refractivity contribution is -0.121. The summed E-state index contributed by atoms with van der Waals surface area (Å²) in [6, 6.07) is 21.6. The third-order valence-electron chi connectivity index (χ3n) is 6.13. The van der Waals surface area contributed by atoms with Gasteiger partial charge in [0.05, 0.1) is 11.9 Å². The van der Waals surface area contributed by atoms with Crippen molar-refractivity contribution < 1.29 is 4.79 Å². The van der Waals surface area contributed by atoms with Crippen LogP contribution in [0, 0.1) is 6.92 Å². The van der Waals surface area contributed by atoms with Crippen molar-refractivity contribution >= 4 is 23.0 Å². The number of aryl methyl sites for hydroxylation is 2. The van der Waals surface area contributed by atoms with Gasteiger partial charge in [0, 0.05) is 36.3 Å². The van der Waals surface area contributed by atoms with Crippen molar-refractivity contribution in [2.75, 3.05) is 0 Å². The number of hydrazone groups is 1. The number of carbonyl (C=O) groups is 1. The van der Waals surface area contributed by atoms with Gasteiger partial charge in [0.2, 0.25) is 0 Å². The molecule has 0 aliphatic rings. The molecule has 3 heterocycles. The van der Waals surface area contributed by atoms with Gasteiger partial charge in [-0.2, -0.15) is 10.2 Å². The van der Waals surface area contributed by atoms with Crippen LogP contribution in [0.3, 0.4) is 0 Å². The Morgan fingerprint density at radius 3 is 2.70 bits per heavy atom. The summed E-state index contributed by atoms with van der Waals surface area (Å²) >= 11 is 0. The zero-order valence-electron chi connectivity index (χ0n) is 20.5. The van der Waals surface area contributed by atoms with E-state index in [-0.39, 0.29) is 12.2 Å². The lowest BCUT2D eigenvalue weighted by atomic mass is 10.1. The molecule has 0 aliphatic carbocycles. The molecule has 2 aromatic carbocycles. The highest BCUT2D eigenvalue weighted by Crippen LogP contribution is 2.19. The number of aromatic amines is 1. The summed E-state index contributed by atoms with van der Waals surface area (Å²) in [5, 5.41) is 9.59. The zero-order chi connectivity index (χ0) is 25.6. The van der Waals surface area contributed by atoms with E-state index in [2.05, 4.69) is 31.7 Å². The number of hydrogen-bond acceptors (Lipinski definition) is 5. The lowest BCUT2D eigenvalue weighted by Gasteiger charge is -2.06. The van der Waals surface area contributed by atoms with E-state index in [9.17, 15) is 9.59 Å². The van der Waals surface area contributed by atoms with Gasteiger partial charge in [0.25, 0.3) is 5.91 Å². The maximum absolute atomic E-state index is 13.3. The van der Waals surface area contributed by atoms with Crippen molar-refractivity contribution in [1.82, 2.24) is 29.7 Å². The van der Waals surface area contributed by atoms with Crippen LogP contribution in [-0.2, 0) is 30.7 Å². The fourth-order valence-corrected chi connectivity index (χ4v) is 4.20. The van der Waals surface area contributed by atoms with Crippen LogP contribution in [0.15, 0.2) is 89.0 Å². The van der Waals surface area contributed by atoms with E-state index in [1.54, 1.807) is 22.9 Å². The first-order valence-corrected chi connectivity index (χ1v) is 12.1. The Hall–Kier alpha value is -4.79. The van der Waals surface area contributed by atoms with E-state index in [1.807, 2.05) is 61.7 Å². The second kappa shape index (κ2) is 10.9. The summed E-state index contributed by atoms with van der Waals surface area (Å²) in [5.74, 6) is 0.163. The number of fused-ring (bicyclic) bond motifs is 1. The molecule has 0 unspecified atom stereocenters. The van der Waals surface area contributed by atoms with Crippen LogP contribution in [0.2, 0.25) is 0 Å². The molecule has 5 aromatic rings. The average Bonchev–Trinajstić information content (AvgIpc) is 3.45. The maximum atomic E-state index is 13.3. The largest absolute Gasteiger partial charge is 0.361 e. The second-order valence-electron chi connectivity index (χ2n) is 8.83. The summed E-state index contributed by atoms with van der Waals surface area (Å²) in [7, 11) is 0. The number of para-hydroxylation sites is 1. The minimum absolute atomic E-state index is 0.237. The van der Waals surface area contributed by atoms with Crippen LogP contribution in [-0.4, -0.2) is 36.4 Å². The number of nitrogens with zero attached hydrogens (tertiary/aromatic N) is 5. The molecule has 37 heavy (non-hydrogen) atoms. The first-order valence-electron chi connectivity index (χ1n) is 12.1. The molecule has 9 heteroatoms. The highest BCUT2D eigenvalue weighted by molar-refractivity contribution is 5.83. The van der Waals surface area contributed by atoms with Crippen LogP contribution in [0.1, 0.15) is 28.2 Å². The Labute approximate surface area is 213 Å². The molecule has 0 bridgehead atoms. The van der Waals surface area contributed by atoms with Crippen LogP contribution >= 0.6 is 0 Å². The third-order valence-corrected chi connectivity index (χ3v) is 6.13. The van der Waals surface area contributed by atoms with Gasteiger partial charge in [-0.3, -0.25) is 14.3 Å². The number of amides is 1. The smallest absolute Gasteiger partial charge is 0.346 e. The molecule has 5 rings (SSSR count). The zero-order valence-corrected chi connectivity index (χ0v) is 20.5. The van der Waals surface area contributed by atoms with E-state index in [1.165, 1.54) is 10.9 Å². The molecule has 0 atom stereocenters. The van der Waals surface area contributed by atoms with Crippen molar-refractivity contribution in [2.45, 2.75) is 32.9 Å². The van der Waals surface area contributed by atoms with Crippen molar-refractivity contribution in [3.8, 4) is 0 Å². The molecular weight excluding hydrogens is 466 g/mol. The lowest BCUT2D eigenvalue weighted by Crippen LogP contribution is -2.32. The Balaban J connectivity index is 1.36. The van der Waals surface area contributed by atoms with Gasteiger partial charge in [0.1, 0.15) is 12.4 Å². The van der Waals surface area contributed by atoms with Gasteiger partial charge >= 0.3 is 5.69 Å². The predicted octanol–water partition coefficient (Wildman–Crippen LogP) is 3.21. The standard InChI is InChI=1S/C28H27N7O2/c1-20-9-11-21(12-10-20)16-26-33-35(19-27(36)32-31-18-23-6-4-5-14-29-23)28(37)34(26)15-13-22-17-30-25-8-3-2-7-24(22)25/h2-12,14,17-18,30H,13,15-16,19H2,1H3,(H,32,36)/b31-18+. The first-order chi connectivity index (χ1) is 18.1. The van der Waals surface area contributed by atoms with Gasteiger partial charge in [-0.05, 0) is 42.7 Å². The summed E-state index contributed by atoms with van der Waals surface area (Å²) in [5.41, 5.74) is 7.11. The predicted molar refractivity (Wildman–Crippen MR) is 142 cm³/mol. The van der Waals surface area contributed by atoms with Crippen molar-refractivity contribution in [3.63, 3.8) is 0 Å². The van der Waals surface area contributed by atoms with Crippen molar-refractivity contribution in [3.05, 3.63) is 118 Å². The molecule has 0 spiro atoms. The number of aromatic nitrogens is 5. The molecule has 2 N–H and O–H groups in total. The average molecular weight is 494 g/mol.